The Kier molecular flexibility index (Phi) is 3.70. The van der Waals surface area contributed by atoms with Crippen molar-refractivity contribution < 1.29 is 4.52 Å². The zero-order valence-electron chi connectivity index (χ0n) is 13.4. The predicted octanol–water partition coefficient (Wildman–Crippen LogP) is 3.59. The largest absolute Gasteiger partial charge is 0.383 e. The van der Waals surface area contributed by atoms with E-state index in [1.54, 1.807) is 0 Å². The molecule has 1 aliphatic rings. The molecule has 2 heterocycles. The zero-order chi connectivity index (χ0) is 17.2. The van der Waals surface area contributed by atoms with Crippen molar-refractivity contribution in [1.82, 2.24) is 5.16 Å². The number of hydrogen-bond donors (Lipinski definition) is 1. The van der Waals surface area contributed by atoms with Gasteiger partial charge in [0.1, 0.15) is 17.1 Å². The number of benzene rings is 2. The maximum atomic E-state index is 12.2. The van der Waals surface area contributed by atoms with Gasteiger partial charge in [-0.3, -0.25) is 0 Å². The number of aromatic amines is 1. The van der Waals surface area contributed by atoms with Crippen molar-refractivity contribution in [3.8, 4) is 11.3 Å². The number of nitrogens with one attached hydrogen (secondary N) is 1. The highest BCUT2D eigenvalue weighted by Crippen LogP contribution is 2.26. The zero-order valence-corrected chi connectivity index (χ0v) is 13.4. The second-order valence-corrected chi connectivity index (χ2v) is 5.54. The third-order valence-electron chi connectivity index (χ3n) is 3.88. The second kappa shape index (κ2) is 6.16. The number of nitrogens with zero attached hydrogens (tertiary/aromatic N) is 3. The van der Waals surface area contributed by atoms with E-state index in [0.717, 1.165) is 11.1 Å². The molecule has 0 amide bonds. The van der Waals surface area contributed by atoms with Crippen molar-refractivity contribution in [2.45, 2.75) is 6.92 Å². The molecule has 1 N–H and O–H groups in total. The van der Waals surface area contributed by atoms with E-state index in [4.69, 9.17) is 4.52 Å². The minimum absolute atomic E-state index is 0.210. The van der Waals surface area contributed by atoms with Gasteiger partial charge in [0.2, 0.25) is 0 Å². The van der Waals surface area contributed by atoms with Crippen LogP contribution in [0.5, 0.6) is 0 Å². The van der Waals surface area contributed by atoms with Crippen molar-refractivity contribution >= 4 is 22.8 Å². The van der Waals surface area contributed by atoms with Crippen molar-refractivity contribution in [2.75, 3.05) is 0 Å². The van der Waals surface area contributed by atoms with Gasteiger partial charge >= 0.3 is 5.63 Å². The van der Waals surface area contributed by atoms with Crippen molar-refractivity contribution in [2.24, 2.45) is 15.2 Å². The average Bonchev–Trinajstić information content (AvgIpc) is 3.21. The van der Waals surface area contributed by atoms with Crippen molar-refractivity contribution in [1.29, 1.82) is 0 Å². The van der Waals surface area contributed by atoms with Gasteiger partial charge in [-0.05, 0) is 6.92 Å². The minimum Gasteiger partial charge on any atom is -0.336 e. The molecule has 0 unspecified atom stereocenters. The molecule has 1 aliphatic heterocycles. The fourth-order valence-electron chi connectivity index (χ4n) is 2.63. The quantitative estimate of drug-likeness (QED) is 0.796. The lowest BCUT2D eigenvalue weighted by Crippen LogP contribution is -2.19. The molecule has 0 radical (unpaired) electrons. The highest BCUT2D eigenvalue weighted by molar-refractivity contribution is 6.73. The van der Waals surface area contributed by atoms with Crippen molar-refractivity contribution in [3.05, 3.63) is 76.6 Å². The van der Waals surface area contributed by atoms with E-state index in [-0.39, 0.29) is 5.69 Å². The van der Waals surface area contributed by atoms with E-state index in [1.807, 2.05) is 67.6 Å². The van der Waals surface area contributed by atoms with Gasteiger partial charge in [-0.15, -0.1) is 5.10 Å². The summed E-state index contributed by atoms with van der Waals surface area (Å²) in [7, 11) is 0. The average molecular weight is 330 g/mol. The van der Waals surface area contributed by atoms with Crippen LogP contribution in [0.3, 0.4) is 0 Å². The Morgan fingerprint density at radius 1 is 0.920 bits per heavy atom. The monoisotopic (exact) mass is 330 g/mol. The van der Waals surface area contributed by atoms with Crippen LogP contribution in [0.1, 0.15) is 12.5 Å². The predicted molar refractivity (Wildman–Crippen MR) is 97.9 cm³/mol. The smallest absolute Gasteiger partial charge is 0.336 e. The molecule has 122 valence electrons. The fraction of sp³-hybridized carbons (Fsp3) is 0.0526. The van der Waals surface area contributed by atoms with E-state index in [1.165, 1.54) is 0 Å². The van der Waals surface area contributed by atoms with Gasteiger partial charge in [-0.25, -0.2) is 14.9 Å². The second-order valence-electron chi connectivity index (χ2n) is 5.54. The Balaban J connectivity index is 1.84. The molecule has 25 heavy (non-hydrogen) atoms. The Bertz CT molecular complexity index is 1060. The molecule has 0 fully saturated rings. The number of aromatic nitrogens is 1. The van der Waals surface area contributed by atoms with Crippen LogP contribution in [0.2, 0.25) is 0 Å². The van der Waals surface area contributed by atoms with Gasteiger partial charge in [-0.2, -0.15) is 5.10 Å². The van der Waals surface area contributed by atoms with Crippen LogP contribution in [0, 0.1) is 0 Å². The third kappa shape index (κ3) is 2.74. The molecule has 3 aromatic rings. The highest BCUT2D eigenvalue weighted by atomic mass is 16.5. The lowest BCUT2D eigenvalue weighted by Gasteiger charge is -2.03. The van der Waals surface area contributed by atoms with Crippen LogP contribution in [0.4, 0.5) is 5.69 Å². The minimum atomic E-state index is -0.529. The molecule has 2 aromatic carbocycles. The summed E-state index contributed by atoms with van der Waals surface area (Å²) in [6.07, 6.45) is 0. The molecule has 0 aliphatic carbocycles. The SMILES string of the molecule is CC1=NN=C(c2ccccc2)C1=Nc1c(-c2ccccc2)[nH]oc1=O. The number of rotatable bonds is 3. The van der Waals surface area contributed by atoms with Crippen LogP contribution in [-0.2, 0) is 0 Å². The van der Waals surface area contributed by atoms with E-state index in [0.29, 0.717) is 22.8 Å². The van der Waals surface area contributed by atoms with Crippen LogP contribution in [0.15, 0.2) is 85.2 Å². The van der Waals surface area contributed by atoms with E-state index in [9.17, 15) is 4.79 Å². The van der Waals surface area contributed by atoms with Gasteiger partial charge in [0.25, 0.3) is 0 Å². The first-order valence-corrected chi connectivity index (χ1v) is 7.78. The normalized spacial score (nSPS) is 15.3. The lowest BCUT2D eigenvalue weighted by molar-refractivity contribution is 0.394. The van der Waals surface area contributed by atoms with E-state index >= 15 is 0 Å². The molecular formula is C19H14N4O2. The summed E-state index contributed by atoms with van der Waals surface area (Å²) in [6.45, 7) is 1.81. The molecule has 4 rings (SSSR count). The highest BCUT2D eigenvalue weighted by Gasteiger charge is 2.23. The summed E-state index contributed by atoms with van der Waals surface area (Å²) in [5, 5.41) is 11.0. The molecule has 0 spiro atoms. The first kappa shape index (κ1) is 15.0. The molecular weight excluding hydrogens is 316 g/mol. The third-order valence-corrected chi connectivity index (χ3v) is 3.88. The van der Waals surface area contributed by atoms with Crippen molar-refractivity contribution in [3.63, 3.8) is 0 Å². The molecule has 1 aromatic heterocycles. The van der Waals surface area contributed by atoms with Crippen LogP contribution >= 0.6 is 0 Å². The van der Waals surface area contributed by atoms with Gasteiger partial charge in [-0.1, -0.05) is 60.7 Å². The Labute approximate surface area is 143 Å². The van der Waals surface area contributed by atoms with Crippen LogP contribution in [-0.4, -0.2) is 22.3 Å². The summed E-state index contributed by atoms with van der Waals surface area (Å²) < 4.78 is 4.97. The Morgan fingerprint density at radius 3 is 2.24 bits per heavy atom. The molecule has 6 heteroatoms. The summed E-state index contributed by atoms with van der Waals surface area (Å²) in [4.78, 5) is 16.7. The molecule has 0 bridgehead atoms. The van der Waals surface area contributed by atoms with Gasteiger partial charge < -0.3 is 4.52 Å². The first-order valence-electron chi connectivity index (χ1n) is 7.78. The number of H-pyrrole nitrogens is 1. The summed E-state index contributed by atoms with van der Waals surface area (Å²) in [5.41, 5.74) is 3.78. The number of hydrogen-bond acceptors (Lipinski definition) is 5. The van der Waals surface area contributed by atoms with Gasteiger partial charge in [0.05, 0.1) is 5.71 Å². The first-order chi connectivity index (χ1) is 12.2. The molecule has 0 saturated heterocycles. The van der Waals surface area contributed by atoms with Crippen LogP contribution in [0.25, 0.3) is 11.3 Å². The van der Waals surface area contributed by atoms with Gasteiger partial charge in [0.15, 0.2) is 5.69 Å². The Hall–Kier alpha value is -3.54. The summed E-state index contributed by atoms with van der Waals surface area (Å²) in [5.74, 6) is 0. The Morgan fingerprint density at radius 2 is 1.56 bits per heavy atom. The molecule has 0 saturated carbocycles. The maximum Gasteiger partial charge on any atom is 0.383 e. The maximum absolute atomic E-state index is 12.2. The molecule has 0 atom stereocenters. The topological polar surface area (TPSA) is 83.1 Å². The van der Waals surface area contributed by atoms with E-state index < -0.39 is 5.63 Å². The standard InChI is InChI=1S/C19H14N4O2/c1-12-15(16(22-21-12)13-8-4-2-5-9-13)20-18-17(23-25-19(18)24)14-10-6-3-7-11-14/h2-11,23H,1H3. The van der Waals surface area contributed by atoms with Gasteiger partial charge in [0, 0.05) is 11.1 Å². The van der Waals surface area contributed by atoms with E-state index in [2.05, 4.69) is 20.4 Å². The summed E-state index contributed by atoms with van der Waals surface area (Å²) >= 11 is 0. The van der Waals surface area contributed by atoms with Crippen LogP contribution < -0.4 is 5.63 Å². The molecule has 6 nitrogen and oxygen atoms in total. The number of aliphatic imine (C=N–C) groups is 1. The fourth-order valence-corrected chi connectivity index (χ4v) is 2.63. The summed E-state index contributed by atoms with van der Waals surface area (Å²) in [6, 6.07) is 19.1. The lowest BCUT2D eigenvalue weighted by atomic mass is 10.0.